The van der Waals surface area contributed by atoms with E-state index in [2.05, 4.69) is 0 Å². The molecule has 12 heavy (non-hydrogen) atoms. The van der Waals surface area contributed by atoms with Crippen molar-refractivity contribution < 1.29 is 68.6 Å². The van der Waals surface area contributed by atoms with Crippen molar-refractivity contribution in [3.8, 4) is 0 Å². The fourth-order valence-corrected chi connectivity index (χ4v) is 0. The van der Waals surface area contributed by atoms with Crippen molar-refractivity contribution in [3.05, 3.63) is 0 Å². The molecule has 0 aromatic carbocycles. The van der Waals surface area contributed by atoms with Gasteiger partial charge < -0.3 is 0 Å². The van der Waals surface area contributed by atoms with Crippen molar-refractivity contribution in [1.29, 1.82) is 0 Å². The van der Waals surface area contributed by atoms with E-state index in [4.69, 9.17) is 35.0 Å². The van der Waals surface area contributed by atoms with Crippen LogP contribution in [-0.2, 0) is 54.4 Å². The summed E-state index contributed by atoms with van der Waals surface area (Å²) in [4.78, 5) is 0. The van der Waals surface area contributed by atoms with Crippen LogP contribution in [0.4, 0.5) is 0 Å². The summed E-state index contributed by atoms with van der Waals surface area (Å²) in [5, 5.41) is 0. The third-order valence-corrected chi connectivity index (χ3v) is 0. The SMILES string of the molecule is O=S(=O)(O)O.O=S(=O)(O)O.[Fe].[Ni]. The maximum absolute atomic E-state index is 8.74. The molecular formula is H4FeNiO8S2. The minimum absolute atomic E-state index is 0. The molecule has 0 rings (SSSR count). The van der Waals surface area contributed by atoms with Crippen LogP contribution < -0.4 is 0 Å². The summed E-state index contributed by atoms with van der Waals surface area (Å²) < 4.78 is 63.2. The summed E-state index contributed by atoms with van der Waals surface area (Å²) >= 11 is 0. The quantitative estimate of drug-likeness (QED) is 0.318. The Morgan fingerprint density at radius 1 is 0.667 bits per heavy atom. The third-order valence-electron chi connectivity index (χ3n) is 0. The van der Waals surface area contributed by atoms with Crippen LogP contribution in [0.15, 0.2) is 0 Å². The van der Waals surface area contributed by atoms with Crippen molar-refractivity contribution >= 4 is 20.8 Å². The van der Waals surface area contributed by atoms with Gasteiger partial charge in [-0.1, -0.05) is 0 Å². The van der Waals surface area contributed by atoms with E-state index < -0.39 is 20.8 Å². The van der Waals surface area contributed by atoms with Crippen LogP contribution >= 0.6 is 0 Å². The van der Waals surface area contributed by atoms with Crippen molar-refractivity contribution in [1.82, 2.24) is 0 Å². The summed E-state index contributed by atoms with van der Waals surface area (Å²) in [6.45, 7) is 0. The molecule has 0 radical (unpaired) electrons. The predicted octanol–water partition coefficient (Wildman–Crippen LogP) is -1.31. The molecule has 0 heterocycles. The van der Waals surface area contributed by atoms with Crippen LogP contribution in [0, 0.1) is 0 Å². The van der Waals surface area contributed by atoms with Crippen LogP contribution in [0.5, 0.6) is 0 Å². The van der Waals surface area contributed by atoms with Gasteiger partial charge in [0.15, 0.2) is 0 Å². The van der Waals surface area contributed by atoms with E-state index in [0.29, 0.717) is 0 Å². The van der Waals surface area contributed by atoms with E-state index in [-0.39, 0.29) is 33.6 Å². The molecule has 8 nitrogen and oxygen atoms in total. The first kappa shape index (κ1) is 23.0. The predicted molar refractivity (Wildman–Crippen MR) is 28.4 cm³/mol. The van der Waals surface area contributed by atoms with E-state index in [0.717, 1.165) is 0 Å². The van der Waals surface area contributed by atoms with Gasteiger partial charge in [-0.25, -0.2) is 0 Å². The Kier molecular flexibility index (Phi) is 16.0. The van der Waals surface area contributed by atoms with Gasteiger partial charge in [0.25, 0.3) is 0 Å². The Labute approximate surface area is 89.3 Å². The molecule has 0 aromatic rings. The molecule has 0 atom stereocenters. The van der Waals surface area contributed by atoms with E-state index in [1.54, 1.807) is 0 Å². The molecule has 0 aliphatic carbocycles. The first-order valence-corrected chi connectivity index (χ1v) is 4.19. The van der Waals surface area contributed by atoms with Crippen molar-refractivity contribution in [3.63, 3.8) is 0 Å². The van der Waals surface area contributed by atoms with Gasteiger partial charge in [0.1, 0.15) is 0 Å². The summed E-state index contributed by atoms with van der Waals surface area (Å²) in [6.07, 6.45) is 0. The van der Waals surface area contributed by atoms with Crippen LogP contribution in [0.25, 0.3) is 0 Å². The molecule has 0 aliphatic heterocycles. The van der Waals surface area contributed by atoms with Gasteiger partial charge in [-0.05, 0) is 0 Å². The summed E-state index contributed by atoms with van der Waals surface area (Å²) in [5.74, 6) is 0. The standard InChI is InChI=1S/Fe.Ni.2H2O4S/c;;2*1-5(2,3)4/h;;2*(H2,1,2,3,4). The molecule has 0 saturated heterocycles. The molecule has 0 saturated carbocycles. The van der Waals surface area contributed by atoms with Crippen LogP contribution in [0.2, 0.25) is 0 Å². The molecule has 0 spiro atoms. The van der Waals surface area contributed by atoms with E-state index in [1.165, 1.54) is 0 Å². The van der Waals surface area contributed by atoms with Gasteiger partial charge in [-0.15, -0.1) is 0 Å². The molecule has 0 aliphatic rings. The first-order chi connectivity index (χ1) is 4.00. The molecule has 4 N–H and O–H groups in total. The number of rotatable bonds is 0. The molecule has 0 bridgehead atoms. The van der Waals surface area contributed by atoms with E-state index in [9.17, 15) is 0 Å². The van der Waals surface area contributed by atoms with Gasteiger partial charge in [0, 0.05) is 33.6 Å². The molecule has 12 heteroatoms. The maximum Gasteiger partial charge on any atom is 0.394 e. The Morgan fingerprint density at radius 2 is 0.667 bits per heavy atom. The third kappa shape index (κ3) is 1800. The van der Waals surface area contributed by atoms with Gasteiger partial charge in [-0.3, -0.25) is 18.2 Å². The second kappa shape index (κ2) is 8.36. The van der Waals surface area contributed by atoms with Crippen molar-refractivity contribution in [2.45, 2.75) is 0 Å². The zero-order valence-corrected chi connectivity index (χ0v) is 8.63. The van der Waals surface area contributed by atoms with Gasteiger partial charge in [-0.2, -0.15) is 16.8 Å². The average molecular weight is 311 g/mol. The number of hydrogen-bond acceptors (Lipinski definition) is 4. The molecule has 0 aromatic heterocycles. The zero-order chi connectivity index (χ0) is 9.00. The van der Waals surface area contributed by atoms with Crippen LogP contribution in [0.1, 0.15) is 0 Å². The average Bonchev–Trinajstić information content (AvgIpc) is 1.12. The molecule has 0 amide bonds. The van der Waals surface area contributed by atoms with Crippen molar-refractivity contribution in [2.24, 2.45) is 0 Å². The Bertz CT molecular complexity index is 213. The largest absolute Gasteiger partial charge is 0.394 e. The fraction of sp³-hybridized carbons (Fsp3) is 0. The fourth-order valence-electron chi connectivity index (χ4n) is 0. The minimum Gasteiger partial charge on any atom is -0.264 e. The van der Waals surface area contributed by atoms with E-state index >= 15 is 0 Å². The molecular weight excluding hydrogens is 307 g/mol. The van der Waals surface area contributed by atoms with Gasteiger partial charge >= 0.3 is 20.8 Å². The molecule has 0 fully saturated rings. The van der Waals surface area contributed by atoms with Crippen LogP contribution in [-0.4, -0.2) is 35.0 Å². The Morgan fingerprint density at radius 3 is 0.667 bits per heavy atom. The smallest absolute Gasteiger partial charge is 0.264 e. The van der Waals surface area contributed by atoms with Crippen LogP contribution in [0.3, 0.4) is 0 Å². The second-order valence-electron chi connectivity index (χ2n) is 0.896. The topological polar surface area (TPSA) is 149 Å². The summed E-state index contributed by atoms with van der Waals surface area (Å²) in [7, 11) is -9.33. The second-order valence-corrected chi connectivity index (χ2v) is 2.69. The van der Waals surface area contributed by atoms with Gasteiger partial charge in [0.05, 0.1) is 0 Å². The maximum atomic E-state index is 8.74. The zero-order valence-electron chi connectivity index (χ0n) is 4.91. The summed E-state index contributed by atoms with van der Waals surface area (Å²) in [6, 6.07) is 0. The van der Waals surface area contributed by atoms with E-state index in [1.807, 2.05) is 0 Å². The minimum atomic E-state index is -4.67. The summed E-state index contributed by atoms with van der Waals surface area (Å²) in [5.41, 5.74) is 0. The number of hydrogen-bond donors (Lipinski definition) is 4. The molecule has 82 valence electrons. The normalized spacial score (nSPS) is 9.67. The monoisotopic (exact) mass is 310 g/mol. The Hall–Kier alpha value is 0.753. The first-order valence-electron chi connectivity index (χ1n) is 1.40. The Balaban J connectivity index is -0.0000000457. The van der Waals surface area contributed by atoms with Crippen molar-refractivity contribution in [2.75, 3.05) is 0 Å². The molecule has 0 unspecified atom stereocenters. The van der Waals surface area contributed by atoms with Gasteiger partial charge in [0.2, 0.25) is 0 Å².